The first-order valence-corrected chi connectivity index (χ1v) is 6.56. The molecule has 0 heterocycles. The Morgan fingerprint density at radius 3 is 2.40 bits per heavy atom. The van der Waals surface area contributed by atoms with Gasteiger partial charge in [-0.25, -0.2) is 0 Å². The molecule has 3 aromatic rings. The van der Waals surface area contributed by atoms with Gasteiger partial charge in [-0.2, -0.15) is 5.11 Å². The smallest absolute Gasteiger partial charge is 0.0936 e. The first-order valence-electron chi connectivity index (χ1n) is 6.18. The molecule has 2 N–H and O–H groups in total. The van der Waals surface area contributed by atoms with Crippen molar-refractivity contribution < 1.29 is 0 Å². The van der Waals surface area contributed by atoms with E-state index in [1.54, 1.807) is 12.1 Å². The van der Waals surface area contributed by atoms with Gasteiger partial charge in [-0.3, -0.25) is 0 Å². The maximum Gasteiger partial charge on any atom is 0.0936 e. The molecular weight excluding hydrogens is 270 g/mol. The van der Waals surface area contributed by atoms with Crippen LogP contribution in [0.1, 0.15) is 0 Å². The van der Waals surface area contributed by atoms with Crippen molar-refractivity contribution in [1.82, 2.24) is 0 Å². The Bertz CT molecular complexity index is 797. The minimum atomic E-state index is 0.642. The van der Waals surface area contributed by atoms with Gasteiger partial charge in [-0.1, -0.05) is 41.9 Å². The molecule has 0 aliphatic heterocycles. The van der Waals surface area contributed by atoms with Crippen LogP contribution in [0.5, 0.6) is 0 Å². The highest BCUT2D eigenvalue weighted by molar-refractivity contribution is 6.30. The predicted octanol–water partition coefficient (Wildman–Crippen LogP) is 5.49. The molecule has 98 valence electrons. The second-order valence-corrected chi connectivity index (χ2v) is 4.84. The molecule has 3 rings (SSSR count). The van der Waals surface area contributed by atoms with E-state index in [1.807, 2.05) is 48.5 Å². The first kappa shape index (κ1) is 12.6. The van der Waals surface area contributed by atoms with Crippen molar-refractivity contribution in [2.75, 3.05) is 5.73 Å². The summed E-state index contributed by atoms with van der Waals surface area (Å²) in [5.41, 5.74) is 8.21. The second-order valence-electron chi connectivity index (χ2n) is 4.40. The summed E-state index contributed by atoms with van der Waals surface area (Å²) >= 11 is 5.92. The van der Waals surface area contributed by atoms with E-state index in [4.69, 9.17) is 17.3 Å². The number of hydrogen-bond acceptors (Lipinski definition) is 3. The number of anilines is 1. The summed E-state index contributed by atoms with van der Waals surface area (Å²) in [5, 5.41) is 11.1. The summed E-state index contributed by atoms with van der Waals surface area (Å²) in [7, 11) is 0. The lowest BCUT2D eigenvalue weighted by Crippen LogP contribution is -1.86. The fourth-order valence-electron chi connectivity index (χ4n) is 2.04. The fraction of sp³-hybridized carbons (Fsp3) is 0. The molecule has 0 saturated heterocycles. The van der Waals surface area contributed by atoms with Gasteiger partial charge in [0.2, 0.25) is 0 Å². The number of azo groups is 1. The number of nitrogens with two attached hydrogens (primary N) is 1. The van der Waals surface area contributed by atoms with Crippen LogP contribution >= 0.6 is 11.6 Å². The Balaban J connectivity index is 2.05. The largest absolute Gasteiger partial charge is 0.398 e. The van der Waals surface area contributed by atoms with E-state index in [0.717, 1.165) is 27.8 Å². The highest BCUT2D eigenvalue weighted by atomic mass is 35.5. The van der Waals surface area contributed by atoms with E-state index in [1.165, 1.54) is 0 Å². The minimum absolute atomic E-state index is 0.642. The second kappa shape index (κ2) is 5.31. The number of nitrogen functional groups attached to an aromatic ring is 1. The molecule has 0 atom stereocenters. The van der Waals surface area contributed by atoms with Gasteiger partial charge in [-0.05, 0) is 30.3 Å². The third kappa shape index (κ3) is 2.49. The van der Waals surface area contributed by atoms with Crippen molar-refractivity contribution in [1.29, 1.82) is 0 Å². The molecule has 3 nitrogen and oxygen atoms in total. The van der Waals surface area contributed by atoms with Crippen LogP contribution in [0.3, 0.4) is 0 Å². The fourth-order valence-corrected chi connectivity index (χ4v) is 2.23. The Morgan fingerprint density at radius 1 is 0.800 bits per heavy atom. The molecule has 0 fully saturated rings. The first-order chi connectivity index (χ1) is 9.74. The van der Waals surface area contributed by atoms with Gasteiger partial charge < -0.3 is 5.73 Å². The van der Waals surface area contributed by atoms with Crippen LogP contribution in [0.4, 0.5) is 17.1 Å². The average Bonchev–Trinajstić information content (AvgIpc) is 2.47. The monoisotopic (exact) mass is 281 g/mol. The Kier molecular flexibility index (Phi) is 3.35. The van der Waals surface area contributed by atoms with Crippen LogP contribution < -0.4 is 5.73 Å². The van der Waals surface area contributed by atoms with Crippen molar-refractivity contribution >= 4 is 39.4 Å². The predicted molar refractivity (Wildman–Crippen MR) is 84.0 cm³/mol. The normalized spacial score (nSPS) is 11.2. The zero-order valence-corrected chi connectivity index (χ0v) is 11.4. The molecular formula is C16H12ClN3. The van der Waals surface area contributed by atoms with E-state index in [0.29, 0.717) is 5.02 Å². The van der Waals surface area contributed by atoms with Gasteiger partial charge in [-0.15, -0.1) is 5.11 Å². The number of hydrogen-bond donors (Lipinski definition) is 1. The molecule has 3 aromatic carbocycles. The van der Waals surface area contributed by atoms with E-state index < -0.39 is 0 Å². The van der Waals surface area contributed by atoms with Crippen LogP contribution in [-0.4, -0.2) is 0 Å². The number of fused-ring (bicyclic) bond motifs is 1. The molecule has 0 bridgehead atoms. The summed E-state index contributed by atoms with van der Waals surface area (Å²) in [4.78, 5) is 0. The van der Waals surface area contributed by atoms with Gasteiger partial charge in [0, 0.05) is 21.5 Å². The summed E-state index contributed by atoms with van der Waals surface area (Å²) in [6, 6.07) is 18.9. The molecule has 20 heavy (non-hydrogen) atoms. The Labute approximate surface area is 121 Å². The van der Waals surface area contributed by atoms with Crippen LogP contribution in [0.2, 0.25) is 5.02 Å². The summed E-state index contributed by atoms with van der Waals surface area (Å²) in [6.07, 6.45) is 0. The molecule has 0 aromatic heterocycles. The van der Waals surface area contributed by atoms with Gasteiger partial charge >= 0.3 is 0 Å². The molecule has 0 spiro atoms. The molecule has 0 aliphatic carbocycles. The highest BCUT2D eigenvalue weighted by Gasteiger charge is 2.02. The molecule has 4 heteroatoms. The number of nitrogens with zero attached hydrogens (tertiary/aromatic N) is 2. The number of halogens is 1. The summed E-state index contributed by atoms with van der Waals surface area (Å²) in [5.74, 6) is 0. The van der Waals surface area contributed by atoms with Crippen LogP contribution in [-0.2, 0) is 0 Å². The van der Waals surface area contributed by atoms with Crippen molar-refractivity contribution in [2.45, 2.75) is 0 Å². The van der Waals surface area contributed by atoms with Gasteiger partial charge in [0.1, 0.15) is 0 Å². The zero-order valence-electron chi connectivity index (χ0n) is 10.6. The quantitative estimate of drug-likeness (QED) is 0.490. The van der Waals surface area contributed by atoms with Gasteiger partial charge in [0.05, 0.1) is 11.4 Å². The van der Waals surface area contributed by atoms with Crippen molar-refractivity contribution in [3.05, 3.63) is 65.7 Å². The minimum Gasteiger partial charge on any atom is -0.398 e. The molecule has 0 radical (unpaired) electrons. The molecule has 0 amide bonds. The number of rotatable bonds is 2. The summed E-state index contributed by atoms with van der Waals surface area (Å²) < 4.78 is 0. The third-order valence-corrected chi connectivity index (χ3v) is 3.25. The lowest BCUT2D eigenvalue weighted by Gasteiger charge is -2.04. The maximum absolute atomic E-state index is 5.96. The van der Waals surface area contributed by atoms with E-state index in [-0.39, 0.29) is 0 Å². The Hall–Kier alpha value is -2.39. The van der Waals surface area contributed by atoms with Crippen molar-refractivity contribution in [3.8, 4) is 0 Å². The summed E-state index contributed by atoms with van der Waals surface area (Å²) in [6.45, 7) is 0. The highest BCUT2D eigenvalue weighted by Crippen LogP contribution is 2.31. The van der Waals surface area contributed by atoms with Crippen molar-refractivity contribution in [2.24, 2.45) is 10.2 Å². The zero-order chi connectivity index (χ0) is 13.9. The molecule has 0 saturated carbocycles. The SMILES string of the molecule is Nc1ccc(N=Nc2cccc(Cl)c2)c2ccccc12. The molecule has 0 unspecified atom stereocenters. The number of benzene rings is 3. The van der Waals surface area contributed by atoms with Crippen LogP contribution in [0.25, 0.3) is 10.8 Å². The molecule has 0 aliphatic rings. The average molecular weight is 282 g/mol. The Morgan fingerprint density at radius 2 is 1.60 bits per heavy atom. The standard InChI is InChI=1S/C16H12ClN3/c17-11-4-3-5-12(10-11)19-20-16-9-8-15(18)13-6-1-2-7-14(13)16/h1-10H,18H2. The maximum atomic E-state index is 5.96. The lowest BCUT2D eigenvalue weighted by atomic mass is 10.1. The van der Waals surface area contributed by atoms with Crippen LogP contribution in [0.15, 0.2) is 70.9 Å². The van der Waals surface area contributed by atoms with Crippen molar-refractivity contribution in [3.63, 3.8) is 0 Å². The van der Waals surface area contributed by atoms with E-state index in [9.17, 15) is 0 Å². The van der Waals surface area contributed by atoms with E-state index >= 15 is 0 Å². The van der Waals surface area contributed by atoms with Gasteiger partial charge in [0.15, 0.2) is 0 Å². The third-order valence-electron chi connectivity index (χ3n) is 3.02. The lowest BCUT2D eigenvalue weighted by molar-refractivity contribution is 1.24. The van der Waals surface area contributed by atoms with E-state index in [2.05, 4.69) is 10.2 Å². The van der Waals surface area contributed by atoms with Gasteiger partial charge in [0.25, 0.3) is 0 Å². The topological polar surface area (TPSA) is 50.7 Å². The van der Waals surface area contributed by atoms with Crippen LogP contribution in [0, 0.1) is 0 Å².